The summed E-state index contributed by atoms with van der Waals surface area (Å²) in [6.45, 7) is 0.585. The first-order valence-corrected chi connectivity index (χ1v) is 9.12. The van der Waals surface area contributed by atoms with Crippen LogP contribution >= 0.6 is 0 Å². The lowest BCUT2D eigenvalue weighted by molar-refractivity contribution is -0.151. The van der Waals surface area contributed by atoms with Crippen molar-refractivity contribution in [2.75, 3.05) is 26.8 Å². The topological polar surface area (TPSA) is 85.8 Å². The van der Waals surface area contributed by atoms with Crippen molar-refractivity contribution in [1.29, 1.82) is 0 Å². The van der Waals surface area contributed by atoms with Crippen LogP contribution in [0, 0.1) is 5.92 Å². The second-order valence-electron chi connectivity index (χ2n) is 6.54. The minimum atomic E-state index is -0.592. The number of amides is 1. The summed E-state index contributed by atoms with van der Waals surface area (Å²) in [7, 11) is 1.36. The molecule has 1 aliphatic heterocycles. The van der Waals surface area contributed by atoms with Crippen LogP contribution in [0.15, 0.2) is 42.6 Å². The summed E-state index contributed by atoms with van der Waals surface area (Å²) < 4.78 is 9.79. The molecule has 1 amide bonds. The summed E-state index contributed by atoms with van der Waals surface area (Å²) in [5.41, 5.74) is 1.59. The summed E-state index contributed by atoms with van der Waals surface area (Å²) in [4.78, 5) is 41.6. The highest BCUT2D eigenvalue weighted by Crippen LogP contribution is 2.19. The highest BCUT2D eigenvalue weighted by Gasteiger charge is 2.28. The van der Waals surface area contributed by atoms with Crippen LogP contribution in [-0.4, -0.2) is 54.5 Å². The first kappa shape index (κ1) is 19.5. The van der Waals surface area contributed by atoms with Crippen LogP contribution in [-0.2, 0) is 23.9 Å². The molecule has 0 aliphatic carbocycles. The predicted molar refractivity (Wildman–Crippen MR) is 103 cm³/mol. The van der Waals surface area contributed by atoms with Gasteiger partial charge in [0, 0.05) is 36.3 Å². The molecule has 1 saturated heterocycles. The van der Waals surface area contributed by atoms with Gasteiger partial charge in [-0.25, -0.2) is 4.79 Å². The van der Waals surface area contributed by atoms with Gasteiger partial charge in [-0.3, -0.25) is 14.6 Å². The molecule has 146 valence electrons. The Bertz CT molecular complexity index is 895. The van der Waals surface area contributed by atoms with Crippen LogP contribution in [0.3, 0.4) is 0 Å². The number of carbonyl (C=O) groups excluding carboxylic acids is 3. The molecular formula is C21H22N2O5. The van der Waals surface area contributed by atoms with Gasteiger partial charge in [0.1, 0.15) is 0 Å². The fraction of sp³-hybridized carbons (Fsp3) is 0.333. The number of hydrogen-bond acceptors (Lipinski definition) is 6. The monoisotopic (exact) mass is 382 g/mol. The van der Waals surface area contributed by atoms with Crippen molar-refractivity contribution in [3.63, 3.8) is 0 Å². The Morgan fingerprint density at radius 3 is 2.68 bits per heavy atom. The number of rotatable bonds is 5. The van der Waals surface area contributed by atoms with Gasteiger partial charge >= 0.3 is 11.9 Å². The summed E-state index contributed by atoms with van der Waals surface area (Å²) in [6.07, 6.45) is 5.73. The van der Waals surface area contributed by atoms with Crippen molar-refractivity contribution < 1.29 is 23.9 Å². The van der Waals surface area contributed by atoms with E-state index < -0.39 is 5.97 Å². The maximum Gasteiger partial charge on any atom is 0.331 e. The minimum absolute atomic E-state index is 0.172. The van der Waals surface area contributed by atoms with Crippen molar-refractivity contribution in [3.05, 3.63) is 48.2 Å². The van der Waals surface area contributed by atoms with Gasteiger partial charge < -0.3 is 14.4 Å². The van der Waals surface area contributed by atoms with Crippen molar-refractivity contribution in [2.24, 2.45) is 5.92 Å². The van der Waals surface area contributed by atoms with E-state index in [0.29, 0.717) is 25.9 Å². The van der Waals surface area contributed by atoms with E-state index in [9.17, 15) is 14.4 Å². The molecule has 2 aromatic rings. The lowest BCUT2D eigenvalue weighted by atomic mass is 9.97. The van der Waals surface area contributed by atoms with Crippen molar-refractivity contribution in [1.82, 2.24) is 9.88 Å². The van der Waals surface area contributed by atoms with Crippen molar-refractivity contribution >= 4 is 34.8 Å². The van der Waals surface area contributed by atoms with E-state index in [0.717, 1.165) is 16.5 Å². The average Bonchev–Trinajstić information content (AvgIpc) is 2.75. The quantitative estimate of drug-likeness (QED) is 0.582. The fourth-order valence-electron chi connectivity index (χ4n) is 3.22. The third-order valence-electron chi connectivity index (χ3n) is 4.78. The Morgan fingerprint density at radius 2 is 1.93 bits per heavy atom. The van der Waals surface area contributed by atoms with Crippen LogP contribution in [0.4, 0.5) is 0 Å². The number of hydrogen-bond donors (Lipinski definition) is 0. The number of aromatic nitrogens is 1. The normalized spacial score (nSPS) is 15.0. The maximum atomic E-state index is 12.2. The summed E-state index contributed by atoms with van der Waals surface area (Å²) in [6, 6.07) is 9.48. The number of methoxy groups -OCH3 is 1. The van der Waals surface area contributed by atoms with E-state index >= 15 is 0 Å². The van der Waals surface area contributed by atoms with Crippen LogP contribution in [0.1, 0.15) is 18.4 Å². The zero-order valence-electron chi connectivity index (χ0n) is 15.7. The van der Waals surface area contributed by atoms with Crippen molar-refractivity contribution in [3.8, 4) is 0 Å². The number of nitrogens with zero attached hydrogens (tertiary/aromatic N) is 2. The number of piperidine rings is 1. The van der Waals surface area contributed by atoms with Gasteiger partial charge in [-0.05, 0) is 25.0 Å². The summed E-state index contributed by atoms with van der Waals surface area (Å²) in [5, 5.41) is 0.976. The van der Waals surface area contributed by atoms with Gasteiger partial charge in [-0.15, -0.1) is 0 Å². The highest BCUT2D eigenvalue weighted by atomic mass is 16.5. The maximum absolute atomic E-state index is 12.2. The van der Waals surface area contributed by atoms with Gasteiger partial charge in [-0.1, -0.05) is 24.3 Å². The van der Waals surface area contributed by atoms with E-state index in [4.69, 9.17) is 9.47 Å². The number of benzene rings is 1. The first-order chi connectivity index (χ1) is 13.6. The molecule has 28 heavy (non-hydrogen) atoms. The molecule has 0 N–H and O–H groups in total. The molecule has 3 rings (SSSR count). The molecule has 1 aromatic carbocycles. The van der Waals surface area contributed by atoms with Gasteiger partial charge in [0.05, 0.1) is 18.5 Å². The lowest BCUT2D eigenvalue weighted by Gasteiger charge is -2.30. The largest absolute Gasteiger partial charge is 0.469 e. The zero-order valence-corrected chi connectivity index (χ0v) is 15.7. The molecule has 0 saturated carbocycles. The molecule has 0 radical (unpaired) electrons. The number of ether oxygens (including phenoxy) is 2. The van der Waals surface area contributed by atoms with Crippen LogP contribution in [0.5, 0.6) is 0 Å². The average molecular weight is 382 g/mol. The molecule has 2 heterocycles. The third kappa shape index (κ3) is 4.73. The Hall–Kier alpha value is -3.22. The van der Waals surface area contributed by atoms with E-state index in [1.165, 1.54) is 13.2 Å². The molecule has 7 heteroatoms. The fourth-order valence-corrected chi connectivity index (χ4v) is 3.22. The number of likely N-dealkylation sites (tertiary alicyclic amines) is 1. The van der Waals surface area contributed by atoms with Gasteiger partial charge in [0.25, 0.3) is 5.91 Å². The molecule has 0 atom stereocenters. The smallest absolute Gasteiger partial charge is 0.331 e. The summed E-state index contributed by atoms with van der Waals surface area (Å²) >= 11 is 0. The lowest BCUT2D eigenvalue weighted by Crippen LogP contribution is -2.42. The zero-order chi connectivity index (χ0) is 19.9. The number of fused-ring (bicyclic) bond motifs is 1. The van der Waals surface area contributed by atoms with E-state index in [2.05, 4.69) is 4.98 Å². The molecular weight excluding hydrogens is 360 g/mol. The molecule has 0 unspecified atom stereocenters. The number of carbonyl (C=O) groups is 3. The molecule has 1 aliphatic rings. The Morgan fingerprint density at radius 1 is 1.18 bits per heavy atom. The predicted octanol–water partition coefficient (Wildman–Crippen LogP) is 2.20. The van der Waals surface area contributed by atoms with Gasteiger partial charge in [-0.2, -0.15) is 0 Å². The standard InChI is InChI=1S/C21H22N2O5/c1-27-21(26)17-9-12-23(13-10-17)18(24)14-28-19(25)8-7-16-5-2-4-15-6-3-11-22-20(15)16/h2-8,11,17H,9-10,12-14H2,1H3/b8-7+. The molecule has 1 aromatic heterocycles. The number of pyridine rings is 1. The van der Waals surface area contributed by atoms with Crippen molar-refractivity contribution in [2.45, 2.75) is 12.8 Å². The SMILES string of the molecule is COC(=O)C1CCN(C(=O)COC(=O)/C=C/c2cccc3cccnc23)CC1. The third-order valence-corrected chi connectivity index (χ3v) is 4.78. The van der Waals surface area contributed by atoms with Gasteiger partial charge in [0.2, 0.25) is 0 Å². The summed E-state index contributed by atoms with van der Waals surface area (Å²) in [5.74, 6) is -1.27. The van der Waals surface area contributed by atoms with Gasteiger partial charge in [0.15, 0.2) is 6.61 Å². The van der Waals surface area contributed by atoms with Crippen LogP contribution < -0.4 is 0 Å². The van der Waals surface area contributed by atoms with E-state index in [-0.39, 0.29) is 24.4 Å². The Labute approximate surface area is 162 Å². The Kier molecular flexibility index (Phi) is 6.37. The first-order valence-electron chi connectivity index (χ1n) is 9.12. The second kappa shape index (κ2) is 9.12. The van der Waals surface area contributed by atoms with Crippen LogP contribution in [0.2, 0.25) is 0 Å². The minimum Gasteiger partial charge on any atom is -0.469 e. The second-order valence-corrected chi connectivity index (χ2v) is 6.54. The van der Waals surface area contributed by atoms with E-state index in [1.54, 1.807) is 17.2 Å². The number of para-hydroxylation sites is 1. The van der Waals surface area contributed by atoms with Crippen LogP contribution in [0.25, 0.3) is 17.0 Å². The molecule has 0 spiro atoms. The molecule has 1 fully saturated rings. The highest BCUT2D eigenvalue weighted by molar-refractivity contribution is 5.93. The molecule has 7 nitrogen and oxygen atoms in total. The molecule has 0 bridgehead atoms. The Balaban J connectivity index is 1.50. The van der Waals surface area contributed by atoms with E-state index in [1.807, 2.05) is 30.3 Å². The number of esters is 2.